The van der Waals surface area contributed by atoms with Crippen LogP contribution in [0.4, 0.5) is 4.39 Å². The molecule has 0 bridgehead atoms. The van der Waals surface area contributed by atoms with Crippen molar-refractivity contribution < 1.29 is 9.13 Å². The van der Waals surface area contributed by atoms with Crippen LogP contribution >= 0.6 is 23.4 Å². The van der Waals surface area contributed by atoms with Crippen LogP contribution in [0.3, 0.4) is 0 Å². The molecule has 94 valence electrons. The highest BCUT2D eigenvalue weighted by Gasteiger charge is 2.09. The van der Waals surface area contributed by atoms with Crippen LogP contribution in [-0.4, -0.2) is 6.26 Å². The van der Waals surface area contributed by atoms with Gasteiger partial charge in [-0.2, -0.15) is 0 Å². The smallest absolute Gasteiger partial charge is 0.166 e. The Bertz CT molecular complexity index is 531. The van der Waals surface area contributed by atoms with Crippen LogP contribution in [0.2, 0.25) is 5.02 Å². The lowest BCUT2D eigenvalue weighted by molar-refractivity contribution is 0.290. The summed E-state index contributed by atoms with van der Waals surface area (Å²) in [6.45, 7) is 0.326. The van der Waals surface area contributed by atoms with E-state index in [9.17, 15) is 4.39 Å². The lowest BCUT2D eigenvalue weighted by atomic mass is 10.2. The molecule has 4 heteroatoms. The Morgan fingerprint density at radius 3 is 2.61 bits per heavy atom. The number of benzene rings is 2. The molecule has 0 aliphatic heterocycles. The van der Waals surface area contributed by atoms with Gasteiger partial charge in [0.15, 0.2) is 11.6 Å². The molecule has 0 aliphatic carbocycles. The standard InChI is InChI=1S/C14H12ClFOS/c1-18-14-8-12(16)13(7-11(14)15)17-9-10-5-3-2-4-6-10/h2-8H,9H2,1H3. The average Bonchev–Trinajstić information content (AvgIpc) is 2.40. The van der Waals surface area contributed by atoms with Gasteiger partial charge in [0.1, 0.15) is 6.61 Å². The largest absolute Gasteiger partial charge is 0.486 e. The summed E-state index contributed by atoms with van der Waals surface area (Å²) in [6, 6.07) is 12.5. The summed E-state index contributed by atoms with van der Waals surface area (Å²) in [5.74, 6) is -0.207. The van der Waals surface area contributed by atoms with Crippen molar-refractivity contribution in [1.82, 2.24) is 0 Å². The summed E-state index contributed by atoms with van der Waals surface area (Å²) in [5, 5.41) is 0.506. The SMILES string of the molecule is CSc1cc(F)c(OCc2ccccc2)cc1Cl. The zero-order chi connectivity index (χ0) is 13.0. The minimum Gasteiger partial charge on any atom is -0.486 e. The van der Waals surface area contributed by atoms with Crippen molar-refractivity contribution in [1.29, 1.82) is 0 Å². The van der Waals surface area contributed by atoms with Crippen molar-refractivity contribution in [2.75, 3.05) is 6.26 Å². The highest BCUT2D eigenvalue weighted by Crippen LogP contribution is 2.31. The van der Waals surface area contributed by atoms with Crippen molar-refractivity contribution in [3.8, 4) is 5.75 Å². The minimum atomic E-state index is -0.389. The molecule has 0 fully saturated rings. The molecule has 0 saturated heterocycles. The Labute approximate surface area is 115 Å². The van der Waals surface area contributed by atoms with Crippen LogP contribution in [-0.2, 0) is 6.61 Å². The van der Waals surface area contributed by atoms with Crippen molar-refractivity contribution in [2.45, 2.75) is 11.5 Å². The first kappa shape index (κ1) is 13.2. The number of hydrogen-bond donors (Lipinski definition) is 0. The zero-order valence-electron chi connectivity index (χ0n) is 9.82. The first-order chi connectivity index (χ1) is 8.70. The predicted molar refractivity (Wildman–Crippen MR) is 74.0 cm³/mol. The second kappa shape index (κ2) is 6.12. The summed E-state index contributed by atoms with van der Waals surface area (Å²) in [5.41, 5.74) is 0.988. The van der Waals surface area contributed by atoms with Crippen molar-refractivity contribution in [3.63, 3.8) is 0 Å². The molecule has 2 aromatic carbocycles. The van der Waals surface area contributed by atoms with E-state index in [2.05, 4.69) is 0 Å². The van der Waals surface area contributed by atoms with Crippen molar-refractivity contribution in [2.24, 2.45) is 0 Å². The van der Waals surface area contributed by atoms with Crippen LogP contribution in [0.1, 0.15) is 5.56 Å². The topological polar surface area (TPSA) is 9.23 Å². The number of rotatable bonds is 4. The normalized spacial score (nSPS) is 10.4. The molecular formula is C14H12ClFOS. The molecule has 0 atom stereocenters. The third-order valence-electron chi connectivity index (χ3n) is 2.44. The maximum Gasteiger partial charge on any atom is 0.166 e. The van der Waals surface area contributed by atoms with Crippen LogP contribution < -0.4 is 4.74 Å². The predicted octanol–water partition coefficient (Wildman–Crippen LogP) is 4.78. The van der Waals surface area contributed by atoms with E-state index in [-0.39, 0.29) is 11.6 Å². The Hall–Kier alpha value is -1.19. The Morgan fingerprint density at radius 2 is 1.94 bits per heavy atom. The molecule has 18 heavy (non-hydrogen) atoms. The number of ether oxygens (including phenoxy) is 1. The summed E-state index contributed by atoms with van der Waals surface area (Å²) in [7, 11) is 0. The fraction of sp³-hybridized carbons (Fsp3) is 0.143. The van der Waals surface area contributed by atoms with Crippen LogP contribution in [0.5, 0.6) is 5.75 Å². The molecule has 0 saturated carbocycles. The molecular weight excluding hydrogens is 271 g/mol. The zero-order valence-corrected chi connectivity index (χ0v) is 11.4. The Balaban J connectivity index is 2.13. The highest BCUT2D eigenvalue weighted by atomic mass is 35.5. The van der Waals surface area contributed by atoms with Gasteiger partial charge < -0.3 is 4.74 Å². The van der Waals surface area contributed by atoms with Crippen molar-refractivity contribution >= 4 is 23.4 Å². The van der Waals surface area contributed by atoms with E-state index in [1.165, 1.54) is 23.9 Å². The minimum absolute atomic E-state index is 0.182. The maximum absolute atomic E-state index is 13.7. The quantitative estimate of drug-likeness (QED) is 0.746. The van der Waals surface area contributed by atoms with Crippen LogP contribution in [0.25, 0.3) is 0 Å². The Kier molecular flexibility index (Phi) is 4.50. The van der Waals surface area contributed by atoms with Gasteiger partial charge in [0.05, 0.1) is 5.02 Å². The summed E-state index contributed by atoms with van der Waals surface area (Å²) in [6.07, 6.45) is 1.85. The van der Waals surface area contributed by atoms with E-state index in [0.717, 1.165) is 5.56 Å². The van der Waals surface area contributed by atoms with Crippen molar-refractivity contribution in [3.05, 3.63) is 58.9 Å². The molecule has 0 N–H and O–H groups in total. The van der Waals surface area contributed by atoms with Gasteiger partial charge in [0, 0.05) is 11.0 Å². The van der Waals surface area contributed by atoms with Gasteiger partial charge in [-0.05, 0) is 17.9 Å². The van der Waals surface area contributed by atoms with Crippen LogP contribution in [0, 0.1) is 5.82 Å². The molecule has 2 aromatic rings. The number of hydrogen-bond acceptors (Lipinski definition) is 2. The molecule has 0 unspecified atom stereocenters. The monoisotopic (exact) mass is 282 g/mol. The van der Waals surface area contributed by atoms with Gasteiger partial charge in [0.25, 0.3) is 0 Å². The van der Waals surface area contributed by atoms with Gasteiger partial charge in [-0.15, -0.1) is 11.8 Å². The number of halogens is 2. The summed E-state index contributed by atoms with van der Waals surface area (Å²) in [4.78, 5) is 0.709. The molecule has 0 aliphatic rings. The summed E-state index contributed by atoms with van der Waals surface area (Å²) >= 11 is 7.42. The lowest BCUT2D eigenvalue weighted by Crippen LogP contribution is -1.97. The first-order valence-corrected chi connectivity index (χ1v) is 7.00. The molecule has 0 amide bonds. The average molecular weight is 283 g/mol. The lowest BCUT2D eigenvalue weighted by Gasteiger charge is -2.09. The van der Waals surface area contributed by atoms with E-state index in [0.29, 0.717) is 16.5 Å². The molecule has 1 nitrogen and oxygen atoms in total. The van der Waals surface area contributed by atoms with Gasteiger partial charge in [-0.3, -0.25) is 0 Å². The third-order valence-corrected chi connectivity index (χ3v) is 3.65. The van der Waals surface area contributed by atoms with Gasteiger partial charge in [0.2, 0.25) is 0 Å². The molecule has 0 aromatic heterocycles. The fourth-order valence-electron chi connectivity index (χ4n) is 1.51. The second-order valence-corrected chi connectivity index (χ2v) is 4.95. The first-order valence-electron chi connectivity index (χ1n) is 5.40. The highest BCUT2D eigenvalue weighted by molar-refractivity contribution is 7.98. The Morgan fingerprint density at radius 1 is 1.22 bits per heavy atom. The van der Waals surface area contributed by atoms with Gasteiger partial charge >= 0.3 is 0 Å². The van der Waals surface area contributed by atoms with E-state index in [4.69, 9.17) is 16.3 Å². The molecule has 0 heterocycles. The fourth-order valence-corrected chi connectivity index (χ4v) is 2.37. The van der Waals surface area contributed by atoms with E-state index >= 15 is 0 Å². The second-order valence-electron chi connectivity index (χ2n) is 3.69. The van der Waals surface area contributed by atoms with E-state index in [1.54, 1.807) is 0 Å². The van der Waals surface area contributed by atoms with E-state index < -0.39 is 0 Å². The molecule has 0 radical (unpaired) electrons. The molecule has 0 spiro atoms. The van der Waals surface area contributed by atoms with Gasteiger partial charge in [-0.25, -0.2) is 4.39 Å². The third kappa shape index (κ3) is 3.18. The van der Waals surface area contributed by atoms with E-state index in [1.807, 2.05) is 36.6 Å². The molecule has 2 rings (SSSR count). The summed E-state index contributed by atoms with van der Waals surface area (Å²) < 4.78 is 19.2. The number of thioether (sulfide) groups is 1. The van der Waals surface area contributed by atoms with Gasteiger partial charge in [-0.1, -0.05) is 41.9 Å². The van der Waals surface area contributed by atoms with Crippen LogP contribution in [0.15, 0.2) is 47.4 Å². The maximum atomic E-state index is 13.7.